The van der Waals surface area contributed by atoms with Crippen LogP contribution < -0.4 is 15.8 Å². The van der Waals surface area contributed by atoms with E-state index >= 15 is 0 Å². The number of nitrogens with one attached hydrogen (secondary N) is 1. The van der Waals surface area contributed by atoms with E-state index in [4.69, 9.17) is 19.9 Å². The summed E-state index contributed by atoms with van der Waals surface area (Å²) >= 11 is 0. The monoisotopic (exact) mass is 769 g/mol. The van der Waals surface area contributed by atoms with Gasteiger partial charge < -0.3 is 45.1 Å². The van der Waals surface area contributed by atoms with Crippen LogP contribution in [0.3, 0.4) is 0 Å². The van der Waals surface area contributed by atoms with E-state index in [-0.39, 0.29) is 36.4 Å². The average molecular weight is 770 g/mol. The van der Waals surface area contributed by atoms with Gasteiger partial charge in [0.25, 0.3) is 0 Å². The lowest BCUT2D eigenvalue weighted by atomic mass is 9.57. The van der Waals surface area contributed by atoms with Gasteiger partial charge in [-0.1, -0.05) is 48.2 Å². The zero-order valence-electron chi connectivity index (χ0n) is 32.7. The van der Waals surface area contributed by atoms with E-state index in [1.54, 1.807) is 6.07 Å². The molecule has 9 heteroatoms. The largest absolute Gasteiger partial charge is 0.504 e. The number of rotatable bonds is 4. The first-order valence-electron chi connectivity index (χ1n) is 21.0. The van der Waals surface area contributed by atoms with Crippen molar-refractivity contribution in [3.8, 4) is 23.3 Å². The second-order valence-corrected chi connectivity index (χ2v) is 16.8. The van der Waals surface area contributed by atoms with E-state index in [1.807, 2.05) is 18.2 Å². The minimum Gasteiger partial charge on any atom is -0.504 e. The van der Waals surface area contributed by atoms with Gasteiger partial charge in [0.05, 0.1) is 31.6 Å². The number of aliphatic hydroxyl groups excluding tert-OH is 2. The van der Waals surface area contributed by atoms with Crippen LogP contribution in [-0.4, -0.2) is 64.7 Å². The highest BCUT2D eigenvalue weighted by atomic mass is 16.5. The Labute approximate surface area is 335 Å². The molecule has 6 N–H and O–H groups in total. The molecule has 1 aromatic heterocycles. The van der Waals surface area contributed by atoms with Crippen molar-refractivity contribution in [2.45, 2.75) is 101 Å². The van der Waals surface area contributed by atoms with Crippen LogP contribution in [0.2, 0.25) is 0 Å². The van der Waals surface area contributed by atoms with Crippen molar-refractivity contribution in [1.29, 1.82) is 0 Å². The Kier molecular flexibility index (Phi) is 10.9. The molecular formula is C48H55N3O6. The van der Waals surface area contributed by atoms with E-state index in [0.29, 0.717) is 50.6 Å². The summed E-state index contributed by atoms with van der Waals surface area (Å²) in [5, 5.41) is 37.7. The highest BCUT2D eigenvalue weighted by molar-refractivity contribution is 5.88. The Morgan fingerprint density at radius 1 is 0.982 bits per heavy atom. The lowest BCUT2D eigenvalue weighted by molar-refractivity contribution is 0.00498. The summed E-state index contributed by atoms with van der Waals surface area (Å²) in [5.41, 5.74) is 14.4. The quantitative estimate of drug-likeness (QED) is 0.143. The number of phenolic OH excluding ortho intramolecular Hbond substituents is 1. The zero-order chi connectivity index (χ0) is 38.9. The molecule has 0 saturated carbocycles. The molecule has 4 aromatic rings. The third-order valence-corrected chi connectivity index (χ3v) is 13.2. The van der Waals surface area contributed by atoms with Gasteiger partial charge in [0.2, 0.25) is 0 Å². The predicted octanol–water partition coefficient (Wildman–Crippen LogP) is 6.84. The number of aromatic nitrogens is 1. The molecule has 1 aliphatic carbocycles. The van der Waals surface area contributed by atoms with Crippen molar-refractivity contribution in [1.82, 2.24) is 9.88 Å². The Bertz CT molecular complexity index is 2250. The van der Waals surface area contributed by atoms with E-state index in [1.165, 1.54) is 16.7 Å². The van der Waals surface area contributed by atoms with Crippen molar-refractivity contribution in [2.75, 3.05) is 26.4 Å². The topological polar surface area (TPSA) is 131 Å². The summed E-state index contributed by atoms with van der Waals surface area (Å²) in [6.07, 6.45) is 14.0. The number of phenols is 1. The highest BCUT2D eigenvalue weighted by Crippen LogP contribution is 2.52. The standard InChI is InChI=1S/C48H55N3O6/c49-46-24-34-13-10-31(6-4-19-52)5-3-8-40-25-39(53)16-11-32-12-17-44(54)45(21-32)57-28-36-23-38(22-35-26-51(27-41(35)36)47(50-46)42(34)30-56-40)48-18-20-55-29-37(48)15-14-33-7-1-2-9-43(33)48/h1-2,7,9,12,17,21-24,26-27,31,37,39-40,46,50,52-54H,3-6,8,11,14-16,18-20,25,28-30,49H2/t31-,37+,39+,40-,46?,48+/m0/s1. The van der Waals surface area contributed by atoms with Crippen LogP contribution in [0.1, 0.15) is 85.6 Å². The van der Waals surface area contributed by atoms with Crippen molar-refractivity contribution in [3.05, 3.63) is 112 Å². The average Bonchev–Trinajstić information content (AvgIpc) is 3.65. The molecule has 9 nitrogen and oxygen atoms in total. The SMILES string of the molecule is NC1C=C2C#C[C@H](CCCO)CCC[C@H]3C[C@H](O)CCc4ccc(O)c(c4)OCc4cc([C@@]56CCOC[C@H]5CCc5ccccc56)cc5cn(cc45)C(=C2CO3)N1. The maximum absolute atomic E-state index is 11.4. The fourth-order valence-corrected chi connectivity index (χ4v) is 10.2. The number of dihydropyridines is 1. The fraction of sp³-hybridized carbons (Fsp3) is 0.458. The number of ether oxygens (including phenoxy) is 3. The Hall–Kier alpha value is -4.56. The predicted molar refractivity (Wildman–Crippen MR) is 221 cm³/mol. The van der Waals surface area contributed by atoms with Crippen LogP contribution in [0.25, 0.3) is 16.6 Å². The maximum atomic E-state index is 11.4. The normalized spacial score (nSPS) is 27.7. The van der Waals surface area contributed by atoms with Crippen molar-refractivity contribution >= 4 is 16.6 Å². The summed E-state index contributed by atoms with van der Waals surface area (Å²) in [7, 11) is 0. The molecule has 0 amide bonds. The van der Waals surface area contributed by atoms with Gasteiger partial charge in [-0.3, -0.25) is 0 Å². The van der Waals surface area contributed by atoms with Crippen molar-refractivity contribution < 1.29 is 29.5 Å². The highest BCUT2D eigenvalue weighted by Gasteiger charge is 2.47. The second-order valence-electron chi connectivity index (χ2n) is 16.8. The summed E-state index contributed by atoms with van der Waals surface area (Å²) in [4.78, 5) is 0. The molecule has 4 aliphatic heterocycles. The molecule has 6 atom stereocenters. The van der Waals surface area contributed by atoms with Crippen LogP contribution in [-0.2, 0) is 34.3 Å². The zero-order valence-corrected chi connectivity index (χ0v) is 32.7. The molecular weight excluding hydrogens is 715 g/mol. The third kappa shape index (κ3) is 7.62. The van der Waals surface area contributed by atoms with Crippen molar-refractivity contribution in [3.63, 3.8) is 0 Å². The number of benzene rings is 3. The Morgan fingerprint density at radius 3 is 2.81 bits per heavy atom. The van der Waals surface area contributed by atoms with Gasteiger partial charge in [-0.05, 0) is 129 Å². The number of aliphatic hydroxyl groups is 2. The number of fused-ring (bicyclic) bond motifs is 9. The molecule has 5 aliphatic rings. The van der Waals surface area contributed by atoms with E-state index < -0.39 is 12.3 Å². The second kappa shape index (κ2) is 16.4. The molecule has 0 spiro atoms. The molecule has 9 rings (SSSR count). The summed E-state index contributed by atoms with van der Waals surface area (Å²) in [6, 6.07) is 19.2. The van der Waals surface area contributed by atoms with Gasteiger partial charge in [-0.2, -0.15) is 0 Å². The molecule has 1 unspecified atom stereocenters. The molecule has 1 fully saturated rings. The third-order valence-electron chi connectivity index (χ3n) is 13.2. The number of hydrogen-bond donors (Lipinski definition) is 5. The minimum absolute atomic E-state index is 0.0925. The van der Waals surface area contributed by atoms with Crippen LogP contribution in [0.15, 0.2) is 84.2 Å². The number of hydrogen-bond acceptors (Lipinski definition) is 8. The van der Waals surface area contributed by atoms with Crippen molar-refractivity contribution in [2.24, 2.45) is 17.6 Å². The molecule has 298 valence electrons. The van der Waals surface area contributed by atoms with Gasteiger partial charge in [0.1, 0.15) is 12.4 Å². The van der Waals surface area contributed by atoms with Gasteiger partial charge in [-0.15, -0.1) is 0 Å². The number of aromatic hydroxyl groups is 1. The molecule has 3 aromatic carbocycles. The fourth-order valence-electron chi connectivity index (χ4n) is 10.2. The van der Waals surface area contributed by atoms with Gasteiger partial charge in [-0.25, -0.2) is 0 Å². The van der Waals surface area contributed by atoms with Gasteiger partial charge >= 0.3 is 0 Å². The number of aryl methyl sites for hydroxylation is 2. The molecule has 57 heavy (non-hydrogen) atoms. The molecule has 0 radical (unpaired) electrons. The van der Waals surface area contributed by atoms with Crippen LogP contribution >= 0.6 is 0 Å². The summed E-state index contributed by atoms with van der Waals surface area (Å²) < 4.78 is 21.6. The summed E-state index contributed by atoms with van der Waals surface area (Å²) in [5.74, 6) is 8.90. The molecule has 5 heterocycles. The Balaban J connectivity index is 1.23. The van der Waals surface area contributed by atoms with E-state index in [0.717, 1.165) is 90.4 Å². The lowest BCUT2D eigenvalue weighted by Gasteiger charge is -2.49. The first-order valence-corrected chi connectivity index (χ1v) is 21.0. The van der Waals surface area contributed by atoms with Crippen LogP contribution in [0.5, 0.6) is 11.5 Å². The Morgan fingerprint density at radius 2 is 1.89 bits per heavy atom. The first kappa shape index (κ1) is 38.0. The van der Waals surface area contributed by atoms with Gasteiger partial charge in [0, 0.05) is 58.9 Å². The lowest BCUT2D eigenvalue weighted by Crippen LogP contribution is -2.47. The maximum Gasteiger partial charge on any atom is 0.161 e. The summed E-state index contributed by atoms with van der Waals surface area (Å²) in [6.45, 7) is 2.13. The first-order chi connectivity index (χ1) is 27.9. The number of nitrogens with zero attached hydrogens (tertiary/aromatic N) is 1. The van der Waals surface area contributed by atoms with E-state index in [2.05, 4.69) is 70.5 Å². The van der Waals surface area contributed by atoms with Gasteiger partial charge in [0.15, 0.2) is 11.5 Å². The molecule has 6 bridgehead atoms. The minimum atomic E-state index is -0.569. The van der Waals surface area contributed by atoms with Crippen LogP contribution in [0.4, 0.5) is 0 Å². The molecule has 1 saturated heterocycles. The van der Waals surface area contributed by atoms with Crippen LogP contribution in [0, 0.1) is 23.7 Å². The number of nitrogens with two attached hydrogens (primary N) is 1. The van der Waals surface area contributed by atoms with E-state index in [9.17, 15) is 15.3 Å². The smallest absolute Gasteiger partial charge is 0.161 e.